The third-order valence-corrected chi connectivity index (χ3v) is 4.35. The Morgan fingerprint density at radius 2 is 2.14 bits per heavy atom. The third kappa shape index (κ3) is 3.03. The van der Waals surface area contributed by atoms with Gasteiger partial charge in [0.2, 0.25) is 0 Å². The van der Waals surface area contributed by atoms with Crippen molar-refractivity contribution < 1.29 is 9.72 Å². The molecule has 0 saturated carbocycles. The fraction of sp³-hybridized carbons (Fsp3) is 0.214. The lowest BCUT2D eigenvalue weighted by atomic mass is 10.1. The van der Waals surface area contributed by atoms with Crippen molar-refractivity contribution >= 4 is 28.6 Å². The van der Waals surface area contributed by atoms with Gasteiger partial charge in [-0.2, -0.15) is 0 Å². The van der Waals surface area contributed by atoms with Crippen LogP contribution in [0.4, 0.5) is 11.4 Å². The Hall–Kier alpha value is -2.41. The predicted octanol–water partition coefficient (Wildman–Crippen LogP) is 3.07. The van der Waals surface area contributed by atoms with Gasteiger partial charge in [0.25, 0.3) is 11.6 Å². The van der Waals surface area contributed by atoms with Crippen LogP contribution in [0, 0.1) is 10.1 Å². The fourth-order valence-electron chi connectivity index (χ4n) is 1.97. The number of carbonyl (C=O) groups is 1. The van der Waals surface area contributed by atoms with Crippen LogP contribution in [-0.4, -0.2) is 22.8 Å². The number of nitro benzene ring substituents is 1. The molecule has 1 unspecified atom stereocenters. The van der Waals surface area contributed by atoms with Crippen molar-refractivity contribution in [3.8, 4) is 0 Å². The van der Waals surface area contributed by atoms with Crippen LogP contribution in [0.2, 0.25) is 0 Å². The SMILES string of the molecule is CC(c1cccs1)N(C)C(=O)c1cc(N)ccc1[N+](=O)[O-]. The average Bonchev–Trinajstić information content (AvgIpc) is 2.98. The molecule has 0 aliphatic heterocycles. The summed E-state index contributed by atoms with van der Waals surface area (Å²) in [5, 5.41) is 13.0. The lowest BCUT2D eigenvalue weighted by Gasteiger charge is -2.24. The van der Waals surface area contributed by atoms with Crippen molar-refractivity contribution in [3.05, 3.63) is 56.3 Å². The molecule has 0 bridgehead atoms. The minimum absolute atomic E-state index is 0.00547. The first-order valence-electron chi connectivity index (χ1n) is 6.26. The first-order valence-corrected chi connectivity index (χ1v) is 7.14. The smallest absolute Gasteiger partial charge is 0.282 e. The van der Waals surface area contributed by atoms with Crippen LogP contribution in [0.15, 0.2) is 35.7 Å². The van der Waals surface area contributed by atoms with Crippen molar-refractivity contribution in [1.82, 2.24) is 4.90 Å². The molecule has 1 atom stereocenters. The van der Waals surface area contributed by atoms with Gasteiger partial charge < -0.3 is 10.6 Å². The molecule has 1 aromatic carbocycles. The summed E-state index contributed by atoms with van der Waals surface area (Å²) in [6.07, 6.45) is 0. The van der Waals surface area contributed by atoms with Crippen LogP contribution in [0.25, 0.3) is 0 Å². The zero-order valence-corrected chi connectivity index (χ0v) is 12.5. The van der Waals surface area contributed by atoms with Gasteiger partial charge >= 0.3 is 0 Å². The number of hydrogen-bond donors (Lipinski definition) is 1. The van der Waals surface area contributed by atoms with Crippen LogP contribution in [0.3, 0.4) is 0 Å². The summed E-state index contributed by atoms with van der Waals surface area (Å²) in [6.45, 7) is 1.88. The van der Waals surface area contributed by atoms with Crippen molar-refractivity contribution in [2.24, 2.45) is 0 Å². The summed E-state index contributed by atoms with van der Waals surface area (Å²) < 4.78 is 0. The minimum Gasteiger partial charge on any atom is -0.399 e. The zero-order chi connectivity index (χ0) is 15.6. The third-order valence-electron chi connectivity index (χ3n) is 3.30. The second kappa shape index (κ2) is 5.92. The number of nitrogen functional groups attached to an aromatic ring is 1. The van der Waals surface area contributed by atoms with Crippen molar-refractivity contribution in [1.29, 1.82) is 0 Å². The Morgan fingerprint density at radius 3 is 2.71 bits per heavy atom. The maximum Gasteiger partial charge on any atom is 0.282 e. The maximum absolute atomic E-state index is 12.5. The fourth-order valence-corrected chi connectivity index (χ4v) is 2.80. The molecule has 0 radical (unpaired) electrons. The number of nitrogens with zero attached hydrogens (tertiary/aromatic N) is 2. The van der Waals surface area contributed by atoms with E-state index in [1.54, 1.807) is 7.05 Å². The Labute approximate surface area is 126 Å². The molecular weight excluding hydrogens is 290 g/mol. The number of amides is 1. The normalized spacial score (nSPS) is 11.9. The van der Waals surface area contributed by atoms with E-state index in [0.717, 1.165) is 4.88 Å². The standard InChI is InChI=1S/C14H15N3O3S/c1-9(13-4-3-7-21-13)16(2)14(18)11-8-10(15)5-6-12(11)17(19)20/h3-9H,15H2,1-2H3. The monoisotopic (exact) mass is 305 g/mol. The molecule has 0 aliphatic carbocycles. The first kappa shape index (κ1) is 15.0. The summed E-state index contributed by atoms with van der Waals surface area (Å²) in [5.74, 6) is -0.421. The molecule has 2 rings (SSSR count). The number of carbonyl (C=O) groups excluding carboxylic acids is 1. The molecule has 2 aromatic rings. The predicted molar refractivity (Wildman–Crippen MR) is 82.3 cm³/mol. The number of anilines is 1. The minimum atomic E-state index is -0.573. The lowest BCUT2D eigenvalue weighted by Crippen LogP contribution is -2.29. The van der Waals surface area contributed by atoms with E-state index in [0.29, 0.717) is 5.69 Å². The first-order chi connectivity index (χ1) is 9.91. The molecule has 1 amide bonds. The van der Waals surface area contributed by atoms with Crippen LogP contribution in [0.5, 0.6) is 0 Å². The maximum atomic E-state index is 12.5. The van der Waals surface area contributed by atoms with Crippen LogP contribution in [0.1, 0.15) is 28.2 Å². The highest BCUT2D eigenvalue weighted by Crippen LogP contribution is 2.28. The number of rotatable bonds is 4. The molecule has 7 heteroatoms. The van der Waals surface area contributed by atoms with Crippen molar-refractivity contribution in [2.75, 3.05) is 12.8 Å². The summed E-state index contributed by atoms with van der Waals surface area (Å²) >= 11 is 1.53. The lowest BCUT2D eigenvalue weighted by molar-refractivity contribution is -0.385. The average molecular weight is 305 g/mol. The molecule has 6 nitrogen and oxygen atoms in total. The van der Waals surface area contributed by atoms with E-state index >= 15 is 0 Å². The molecule has 21 heavy (non-hydrogen) atoms. The highest BCUT2D eigenvalue weighted by atomic mass is 32.1. The Kier molecular flexibility index (Phi) is 4.23. The van der Waals surface area contributed by atoms with E-state index in [9.17, 15) is 14.9 Å². The van der Waals surface area contributed by atoms with E-state index in [4.69, 9.17) is 5.73 Å². The van der Waals surface area contributed by atoms with Gasteiger partial charge in [0, 0.05) is 23.7 Å². The zero-order valence-electron chi connectivity index (χ0n) is 11.6. The summed E-state index contributed by atoms with van der Waals surface area (Å²) in [4.78, 5) is 25.5. The Bertz CT molecular complexity index is 670. The summed E-state index contributed by atoms with van der Waals surface area (Å²) in [7, 11) is 1.62. The number of nitro groups is 1. The quantitative estimate of drug-likeness (QED) is 0.534. The van der Waals surface area contributed by atoms with Gasteiger partial charge in [0.1, 0.15) is 5.56 Å². The molecule has 0 spiro atoms. The largest absolute Gasteiger partial charge is 0.399 e. The highest BCUT2D eigenvalue weighted by Gasteiger charge is 2.26. The van der Waals surface area contributed by atoms with E-state index in [-0.39, 0.29) is 17.3 Å². The summed E-state index contributed by atoms with van der Waals surface area (Å²) in [5.41, 5.74) is 5.73. The van der Waals surface area contributed by atoms with Crippen LogP contribution in [-0.2, 0) is 0 Å². The second-order valence-electron chi connectivity index (χ2n) is 4.64. The second-order valence-corrected chi connectivity index (χ2v) is 5.62. The van der Waals surface area contributed by atoms with Crippen molar-refractivity contribution in [2.45, 2.75) is 13.0 Å². The molecule has 0 saturated heterocycles. The molecule has 1 aromatic heterocycles. The van der Waals surface area contributed by atoms with Gasteiger partial charge in [-0.15, -0.1) is 11.3 Å². The Balaban J connectivity index is 2.35. The number of benzene rings is 1. The Morgan fingerprint density at radius 1 is 1.43 bits per heavy atom. The molecule has 0 aliphatic rings. The number of thiophene rings is 1. The van der Waals surface area contributed by atoms with Gasteiger partial charge in [-0.25, -0.2) is 0 Å². The number of nitrogens with two attached hydrogens (primary N) is 1. The summed E-state index contributed by atoms with van der Waals surface area (Å²) in [6, 6.07) is 7.67. The van der Waals surface area contributed by atoms with Crippen LogP contribution < -0.4 is 5.73 Å². The van der Waals surface area contributed by atoms with E-state index in [1.807, 2.05) is 24.4 Å². The van der Waals surface area contributed by atoms with Crippen LogP contribution >= 0.6 is 11.3 Å². The van der Waals surface area contributed by atoms with Gasteiger partial charge in [0.15, 0.2) is 0 Å². The van der Waals surface area contributed by atoms with Gasteiger partial charge in [-0.3, -0.25) is 14.9 Å². The molecule has 0 fully saturated rings. The van der Waals surface area contributed by atoms with E-state index in [2.05, 4.69) is 0 Å². The van der Waals surface area contributed by atoms with E-state index < -0.39 is 10.8 Å². The van der Waals surface area contributed by atoms with Gasteiger partial charge in [0.05, 0.1) is 11.0 Å². The molecular formula is C14H15N3O3S. The van der Waals surface area contributed by atoms with Gasteiger partial charge in [-0.1, -0.05) is 6.07 Å². The number of hydrogen-bond acceptors (Lipinski definition) is 5. The molecule has 110 valence electrons. The topological polar surface area (TPSA) is 89.5 Å². The highest BCUT2D eigenvalue weighted by molar-refractivity contribution is 7.10. The molecule has 1 heterocycles. The van der Waals surface area contributed by atoms with Crippen molar-refractivity contribution in [3.63, 3.8) is 0 Å². The molecule has 2 N–H and O–H groups in total. The van der Waals surface area contributed by atoms with E-state index in [1.165, 1.54) is 34.4 Å². The van der Waals surface area contributed by atoms with Gasteiger partial charge in [-0.05, 0) is 30.5 Å².